The van der Waals surface area contributed by atoms with Crippen molar-refractivity contribution in [3.05, 3.63) is 85.5 Å². The Morgan fingerprint density at radius 1 is 1.18 bits per heavy atom. The van der Waals surface area contributed by atoms with Gasteiger partial charge in [0.1, 0.15) is 17.3 Å². The van der Waals surface area contributed by atoms with Crippen LogP contribution in [0.5, 0.6) is 0 Å². The van der Waals surface area contributed by atoms with Gasteiger partial charge in [0.15, 0.2) is 0 Å². The van der Waals surface area contributed by atoms with E-state index in [4.69, 9.17) is 25.7 Å². The third-order valence-corrected chi connectivity index (χ3v) is 5.88. The van der Waals surface area contributed by atoms with Crippen molar-refractivity contribution >= 4 is 50.6 Å². The van der Waals surface area contributed by atoms with Crippen molar-refractivity contribution in [3.63, 3.8) is 0 Å². The van der Waals surface area contributed by atoms with E-state index in [1.807, 2.05) is 26.8 Å². The number of ether oxygens (including phenoxy) is 1. The molecule has 0 N–H and O–H groups in total. The van der Waals surface area contributed by atoms with E-state index >= 15 is 0 Å². The van der Waals surface area contributed by atoms with Crippen LogP contribution in [0.4, 0.5) is 0 Å². The van der Waals surface area contributed by atoms with E-state index in [0.29, 0.717) is 44.4 Å². The average molecular weight is 543 g/mol. The molecule has 0 saturated heterocycles. The first-order valence-electron chi connectivity index (χ1n) is 10.3. The largest absolute Gasteiger partial charge is 0.465 e. The Kier molecular flexibility index (Phi) is 6.47. The molecule has 4 rings (SSSR count). The number of hydrogen-bond acceptors (Lipinski definition) is 6. The number of carbonyl (C=O) groups excluding carboxylic acids is 1. The summed E-state index contributed by atoms with van der Waals surface area (Å²) in [4.78, 5) is 29.8. The van der Waals surface area contributed by atoms with Crippen LogP contribution in [0.3, 0.4) is 0 Å². The highest BCUT2D eigenvalue weighted by Crippen LogP contribution is 2.30. The first kappa shape index (κ1) is 23.9. The molecule has 0 atom stereocenters. The fourth-order valence-electron chi connectivity index (χ4n) is 3.38. The quantitative estimate of drug-likeness (QED) is 0.232. The van der Waals surface area contributed by atoms with E-state index in [9.17, 15) is 9.59 Å². The van der Waals surface area contributed by atoms with E-state index in [-0.39, 0.29) is 5.56 Å². The fraction of sp³-hybridized carbons (Fsp3) is 0.200. The lowest BCUT2D eigenvalue weighted by molar-refractivity contribution is 0.0601. The summed E-state index contributed by atoms with van der Waals surface area (Å²) in [6.45, 7) is 5.90. The van der Waals surface area contributed by atoms with Crippen molar-refractivity contribution in [2.24, 2.45) is 5.10 Å². The number of carbonyl (C=O) groups is 1. The summed E-state index contributed by atoms with van der Waals surface area (Å²) < 4.78 is 12.7. The molecule has 0 aliphatic carbocycles. The minimum Gasteiger partial charge on any atom is -0.465 e. The highest BCUT2D eigenvalue weighted by atomic mass is 79.9. The minimum atomic E-state index is -0.476. The number of furan rings is 1. The number of methoxy groups -OCH3 is 1. The molecule has 174 valence electrons. The number of fused-ring (bicyclic) bond motifs is 1. The van der Waals surface area contributed by atoms with Crippen molar-refractivity contribution in [3.8, 4) is 11.3 Å². The molecule has 0 aliphatic rings. The highest BCUT2D eigenvalue weighted by molar-refractivity contribution is 9.10. The van der Waals surface area contributed by atoms with Gasteiger partial charge in [-0.1, -0.05) is 48.3 Å². The number of nitrogens with zero attached hydrogens (tertiary/aromatic N) is 3. The molecule has 34 heavy (non-hydrogen) atoms. The molecular formula is C25H21BrClN3O4. The van der Waals surface area contributed by atoms with Crippen molar-refractivity contribution in [1.29, 1.82) is 0 Å². The van der Waals surface area contributed by atoms with Crippen LogP contribution in [0.15, 0.2) is 67.3 Å². The van der Waals surface area contributed by atoms with E-state index in [1.54, 1.807) is 42.5 Å². The number of aromatic nitrogens is 2. The van der Waals surface area contributed by atoms with Gasteiger partial charge in [-0.25, -0.2) is 9.78 Å². The van der Waals surface area contributed by atoms with Gasteiger partial charge in [-0.15, -0.1) is 0 Å². The maximum absolute atomic E-state index is 13.3. The third kappa shape index (κ3) is 4.69. The van der Waals surface area contributed by atoms with Crippen LogP contribution in [0.25, 0.3) is 22.2 Å². The van der Waals surface area contributed by atoms with Gasteiger partial charge >= 0.3 is 5.97 Å². The lowest BCUT2D eigenvalue weighted by Gasteiger charge is -2.20. The van der Waals surface area contributed by atoms with Crippen LogP contribution in [0, 0.1) is 0 Å². The predicted molar refractivity (Wildman–Crippen MR) is 136 cm³/mol. The number of esters is 1. The molecule has 0 amide bonds. The zero-order valence-electron chi connectivity index (χ0n) is 18.9. The van der Waals surface area contributed by atoms with Gasteiger partial charge in [0.05, 0.1) is 34.8 Å². The van der Waals surface area contributed by atoms with Crippen LogP contribution >= 0.6 is 27.5 Å². The lowest BCUT2D eigenvalue weighted by Crippen LogP contribution is -2.29. The van der Waals surface area contributed by atoms with Gasteiger partial charge in [0, 0.05) is 15.5 Å². The zero-order valence-corrected chi connectivity index (χ0v) is 21.3. The predicted octanol–water partition coefficient (Wildman–Crippen LogP) is 6.04. The molecule has 0 spiro atoms. The van der Waals surface area contributed by atoms with Gasteiger partial charge in [-0.3, -0.25) is 4.79 Å². The maximum Gasteiger partial charge on any atom is 0.337 e. The van der Waals surface area contributed by atoms with Gasteiger partial charge in [-0.2, -0.15) is 9.78 Å². The van der Waals surface area contributed by atoms with Crippen LogP contribution in [0.2, 0.25) is 5.02 Å². The molecule has 4 aromatic rings. The first-order valence-corrected chi connectivity index (χ1v) is 11.5. The topological polar surface area (TPSA) is 86.7 Å². The molecular weight excluding hydrogens is 522 g/mol. The Morgan fingerprint density at radius 3 is 2.65 bits per heavy atom. The third-order valence-electron chi connectivity index (χ3n) is 5.06. The Bertz CT molecular complexity index is 1500. The summed E-state index contributed by atoms with van der Waals surface area (Å²) in [5.74, 6) is 0.886. The molecule has 2 heterocycles. The molecule has 0 saturated carbocycles. The summed E-state index contributed by atoms with van der Waals surface area (Å²) in [6.07, 6.45) is 1.45. The molecule has 7 nitrogen and oxygen atoms in total. The summed E-state index contributed by atoms with van der Waals surface area (Å²) in [5, 5.41) is 5.28. The molecule has 9 heteroatoms. The maximum atomic E-state index is 13.3. The van der Waals surface area contributed by atoms with Crippen molar-refractivity contribution in [2.45, 2.75) is 26.2 Å². The second-order valence-corrected chi connectivity index (χ2v) is 9.92. The number of halogens is 2. The van der Waals surface area contributed by atoms with Crippen LogP contribution in [-0.2, 0) is 10.2 Å². The van der Waals surface area contributed by atoms with Gasteiger partial charge < -0.3 is 9.15 Å². The molecule has 2 aromatic carbocycles. The Balaban J connectivity index is 1.76. The van der Waals surface area contributed by atoms with Gasteiger partial charge in [0.2, 0.25) is 0 Å². The Hall–Kier alpha value is -3.23. The van der Waals surface area contributed by atoms with Crippen LogP contribution in [0.1, 0.15) is 42.7 Å². The summed E-state index contributed by atoms with van der Waals surface area (Å²) in [7, 11) is 1.31. The molecule has 0 bridgehead atoms. The summed E-state index contributed by atoms with van der Waals surface area (Å²) in [6, 6.07) is 13.6. The second kappa shape index (κ2) is 9.19. The smallest absolute Gasteiger partial charge is 0.337 e. The summed E-state index contributed by atoms with van der Waals surface area (Å²) >= 11 is 9.72. The first-order chi connectivity index (χ1) is 16.1. The molecule has 0 unspecified atom stereocenters. The highest BCUT2D eigenvalue weighted by Gasteiger charge is 2.23. The second-order valence-electron chi connectivity index (χ2n) is 8.60. The SMILES string of the molecule is COC(=O)c1ccc(Cl)c(-c2ccc(C=Nn3c(C(C)(C)C)nc4ccc(Br)cc4c3=O)o2)c1. The lowest BCUT2D eigenvalue weighted by atomic mass is 9.95. The minimum absolute atomic E-state index is 0.284. The molecule has 0 radical (unpaired) electrons. The van der Waals surface area contributed by atoms with Crippen LogP contribution < -0.4 is 5.56 Å². The van der Waals surface area contributed by atoms with Crippen LogP contribution in [-0.4, -0.2) is 29.0 Å². The monoisotopic (exact) mass is 541 g/mol. The van der Waals surface area contributed by atoms with Gasteiger partial charge in [0.25, 0.3) is 5.56 Å². The van der Waals surface area contributed by atoms with Crippen molar-refractivity contribution in [2.75, 3.05) is 7.11 Å². The Morgan fingerprint density at radius 2 is 1.94 bits per heavy atom. The standard InChI is InChI=1S/C25H21BrClN3O4/c1-25(2,3)24-29-20-9-6-15(26)12-18(20)22(31)30(24)28-13-16-7-10-21(34-16)17-11-14(23(32)33-4)5-8-19(17)27/h5-13H,1-4H3. The van der Waals surface area contributed by atoms with E-state index in [2.05, 4.69) is 21.0 Å². The van der Waals surface area contributed by atoms with Crippen molar-refractivity contribution in [1.82, 2.24) is 9.66 Å². The average Bonchev–Trinajstić information content (AvgIpc) is 3.26. The van der Waals surface area contributed by atoms with Crippen molar-refractivity contribution < 1.29 is 13.9 Å². The van der Waals surface area contributed by atoms with E-state index in [0.717, 1.165) is 4.47 Å². The molecule has 0 fully saturated rings. The van der Waals surface area contributed by atoms with Gasteiger partial charge in [-0.05, 0) is 48.5 Å². The molecule has 0 aliphatic heterocycles. The number of hydrogen-bond donors (Lipinski definition) is 0. The number of rotatable bonds is 4. The summed E-state index contributed by atoms with van der Waals surface area (Å²) in [5.41, 5.74) is 0.767. The van der Waals surface area contributed by atoms with E-state index in [1.165, 1.54) is 18.0 Å². The normalized spacial score (nSPS) is 11.9. The van der Waals surface area contributed by atoms with E-state index < -0.39 is 11.4 Å². The fourth-order valence-corrected chi connectivity index (χ4v) is 3.95. The Labute approximate surface area is 209 Å². The molecule has 2 aromatic heterocycles. The zero-order chi connectivity index (χ0) is 24.6. The number of benzene rings is 2.